The first-order chi connectivity index (χ1) is 12.6. The first-order valence-electron chi connectivity index (χ1n) is 9.53. The van der Waals surface area contributed by atoms with Crippen molar-refractivity contribution in [2.45, 2.75) is 74.1 Å². The van der Waals surface area contributed by atoms with Gasteiger partial charge in [-0.1, -0.05) is 61.5 Å². The van der Waals surface area contributed by atoms with Crippen LogP contribution in [0.1, 0.15) is 83.9 Å². The predicted molar refractivity (Wildman–Crippen MR) is 108 cm³/mol. The van der Waals surface area contributed by atoms with Crippen LogP contribution in [0.15, 0.2) is 30.3 Å². The van der Waals surface area contributed by atoms with Gasteiger partial charge < -0.3 is 0 Å². The Morgan fingerprint density at radius 1 is 0.593 bits per heavy atom. The molecule has 0 aromatic heterocycles. The van der Waals surface area contributed by atoms with Gasteiger partial charge in [-0.3, -0.25) is 0 Å². The Kier molecular flexibility index (Phi) is 14.4. The van der Waals surface area contributed by atoms with Crippen molar-refractivity contribution in [1.29, 1.82) is 0 Å². The average molecular weight is 387 g/mol. The van der Waals surface area contributed by atoms with Crippen LogP contribution < -0.4 is 0 Å². The van der Waals surface area contributed by atoms with Gasteiger partial charge in [0.1, 0.15) is 5.82 Å². The smallest absolute Gasteiger partial charge is 0.194 e. The molecule has 0 spiro atoms. The predicted octanol–water partition coefficient (Wildman–Crippen LogP) is 8.54. The summed E-state index contributed by atoms with van der Waals surface area (Å²) in [5, 5.41) is 0. The van der Waals surface area contributed by atoms with Crippen LogP contribution in [0.3, 0.4) is 0 Å². The first kappa shape index (κ1) is 27.4. The van der Waals surface area contributed by atoms with Crippen LogP contribution in [0.4, 0.5) is 17.6 Å². The largest absolute Gasteiger partial charge is 0.207 e. The van der Waals surface area contributed by atoms with E-state index in [2.05, 4.69) is 13.8 Å². The summed E-state index contributed by atoms with van der Waals surface area (Å²) in [7, 11) is 0. The summed E-state index contributed by atoms with van der Waals surface area (Å²) >= 11 is 0. The molecule has 2 rings (SSSR count). The van der Waals surface area contributed by atoms with Crippen LogP contribution in [0, 0.1) is 30.2 Å². The Morgan fingerprint density at radius 2 is 0.963 bits per heavy atom. The van der Waals surface area contributed by atoms with Crippen molar-refractivity contribution in [2.75, 3.05) is 0 Å². The van der Waals surface area contributed by atoms with E-state index in [1.54, 1.807) is 26.0 Å². The molecule has 0 aliphatic rings. The number of hydrogen-bond donors (Lipinski definition) is 0. The summed E-state index contributed by atoms with van der Waals surface area (Å²) < 4.78 is 50.4. The highest BCUT2D eigenvalue weighted by molar-refractivity contribution is 5.25. The van der Waals surface area contributed by atoms with Crippen LogP contribution in [0.25, 0.3) is 0 Å². The van der Waals surface area contributed by atoms with E-state index in [0.717, 1.165) is 23.3 Å². The SMILES string of the molecule is CC.CC.CC(C)c1cc(F)c(F)c(F)c1.Cc1cc(F)cc(C(C)C)c1. The molecule has 0 nitrogen and oxygen atoms in total. The average Bonchev–Trinajstić information content (AvgIpc) is 2.62. The van der Waals surface area contributed by atoms with Crippen molar-refractivity contribution in [3.8, 4) is 0 Å². The number of benzene rings is 2. The molecule has 0 bridgehead atoms. The topological polar surface area (TPSA) is 0 Å². The minimum absolute atomic E-state index is 0.00500. The van der Waals surface area contributed by atoms with Gasteiger partial charge >= 0.3 is 0 Å². The van der Waals surface area contributed by atoms with Gasteiger partial charge in [0.15, 0.2) is 17.5 Å². The quantitative estimate of drug-likeness (QED) is 0.358. The second-order valence-electron chi connectivity index (χ2n) is 6.17. The van der Waals surface area contributed by atoms with Gasteiger partial charge in [-0.25, -0.2) is 17.6 Å². The first-order valence-corrected chi connectivity index (χ1v) is 9.53. The van der Waals surface area contributed by atoms with Gasteiger partial charge in [-0.15, -0.1) is 0 Å². The van der Waals surface area contributed by atoms with Gasteiger partial charge in [0, 0.05) is 0 Å². The summed E-state index contributed by atoms with van der Waals surface area (Å²) in [6.45, 7) is 17.6. The third-order valence-electron chi connectivity index (χ3n) is 3.40. The molecule has 27 heavy (non-hydrogen) atoms. The van der Waals surface area contributed by atoms with Gasteiger partial charge in [0.2, 0.25) is 0 Å². The van der Waals surface area contributed by atoms with E-state index < -0.39 is 17.5 Å². The van der Waals surface area contributed by atoms with E-state index in [1.165, 1.54) is 0 Å². The van der Waals surface area contributed by atoms with E-state index >= 15 is 0 Å². The molecule has 2 aromatic rings. The molecule has 0 saturated heterocycles. The number of aryl methyl sites for hydroxylation is 1. The van der Waals surface area contributed by atoms with Crippen LogP contribution in [-0.2, 0) is 0 Å². The zero-order valence-corrected chi connectivity index (χ0v) is 18.1. The van der Waals surface area contributed by atoms with Crippen LogP contribution >= 0.6 is 0 Å². The lowest BCUT2D eigenvalue weighted by Crippen LogP contribution is -1.95. The van der Waals surface area contributed by atoms with Crippen molar-refractivity contribution in [3.05, 3.63) is 70.3 Å². The molecule has 4 heteroatoms. The van der Waals surface area contributed by atoms with Gasteiger partial charge in [0.25, 0.3) is 0 Å². The Morgan fingerprint density at radius 3 is 1.30 bits per heavy atom. The molecule has 154 valence electrons. The molecule has 0 fully saturated rings. The zero-order valence-electron chi connectivity index (χ0n) is 18.1. The second-order valence-corrected chi connectivity index (χ2v) is 6.17. The van der Waals surface area contributed by atoms with Crippen LogP contribution in [-0.4, -0.2) is 0 Å². The lowest BCUT2D eigenvalue weighted by Gasteiger charge is -2.05. The monoisotopic (exact) mass is 386 g/mol. The molecular weight excluding hydrogens is 352 g/mol. The Bertz CT molecular complexity index is 618. The summed E-state index contributed by atoms with van der Waals surface area (Å²) in [5.41, 5.74) is 2.53. The third kappa shape index (κ3) is 10.2. The lowest BCUT2D eigenvalue weighted by atomic mass is 10.0. The van der Waals surface area contributed by atoms with E-state index in [-0.39, 0.29) is 11.7 Å². The highest BCUT2D eigenvalue weighted by Gasteiger charge is 2.11. The van der Waals surface area contributed by atoms with Crippen molar-refractivity contribution < 1.29 is 17.6 Å². The number of rotatable bonds is 2. The maximum atomic E-state index is 12.8. The molecule has 0 N–H and O–H groups in total. The van der Waals surface area contributed by atoms with Crippen LogP contribution in [0.5, 0.6) is 0 Å². The number of hydrogen-bond acceptors (Lipinski definition) is 0. The van der Waals surface area contributed by atoms with Crippen molar-refractivity contribution in [1.82, 2.24) is 0 Å². The van der Waals surface area contributed by atoms with Crippen molar-refractivity contribution in [3.63, 3.8) is 0 Å². The van der Waals surface area contributed by atoms with Crippen LogP contribution in [0.2, 0.25) is 0 Å². The van der Waals surface area contributed by atoms with E-state index in [0.29, 0.717) is 11.5 Å². The third-order valence-corrected chi connectivity index (χ3v) is 3.40. The molecule has 0 heterocycles. The number of halogens is 4. The molecule has 0 aliphatic carbocycles. The highest BCUT2D eigenvalue weighted by atomic mass is 19.2. The fraction of sp³-hybridized carbons (Fsp3) is 0.478. The fourth-order valence-electron chi connectivity index (χ4n) is 2.01. The van der Waals surface area contributed by atoms with Gasteiger partial charge in [-0.05, 0) is 59.7 Å². The summed E-state index contributed by atoms with van der Waals surface area (Å²) in [6, 6.07) is 7.20. The van der Waals surface area contributed by atoms with E-state index in [1.807, 2.05) is 40.7 Å². The molecule has 0 saturated carbocycles. The maximum absolute atomic E-state index is 12.8. The second kappa shape index (κ2) is 14.2. The fourth-order valence-corrected chi connectivity index (χ4v) is 2.01. The normalized spacial score (nSPS) is 9.59. The Hall–Kier alpha value is -1.84. The standard InChI is InChI=1S/C10H13F.C9H9F3.2C2H6/c1-7(2)9-4-8(3)5-10(11)6-9;1-5(2)6-3-7(10)9(12)8(11)4-6;2*1-2/h4-7H,1-3H3;3-5H,1-2H3;2*1-2H3. The Labute approximate surface area is 162 Å². The minimum Gasteiger partial charge on any atom is -0.207 e. The highest BCUT2D eigenvalue weighted by Crippen LogP contribution is 2.20. The molecule has 0 atom stereocenters. The van der Waals surface area contributed by atoms with Gasteiger partial charge in [0.05, 0.1) is 0 Å². The lowest BCUT2D eigenvalue weighted by molar-refractivity contribution is 0.444. The summed E-state index contributed by atoms with van der Waals surface area (Å²) in [4.78, 5) is 0. The minimum atomic E-state index is -1.40. The van der Waals surface area contributed by atoms with E-state index in [4.69, 9.17) is 0 Å². The molecule has 0 radical (unpaired) electrons. The van der Waals surface area contributed by atoms with Crippen molar-refractivity contribution >= 4 is 0 Å². The summed E-state index contributed by atoms with van der Waals surface area (Å²) in [5.74, 6) is -3.38. The molecule has 0 amide bonds. The van der Waals surface area contributed by atoms with Gasteiger partial charge in [-0.2, -0.15) is 0 Å². The zero-order chi connectivity index (χ0) is 21.7. The Balaban J connectivity index is 0. The summed E-state index contributed by atoms with van der Waals surface area (Å²) in [6.07, 6.45) is 0. The van der Waals surface area contributed by atoms with Crippen molar-refractivity contribution in [2.24, 2.45) is 0 Å². The van der Waals surface area contributed by atoms with E-state index in [9.17, 15) is 17.6 Å². The molecule has 0 unspecified atom stereocenters. The molecule has 2 aromatic carbocycles. The molecular formula is C23H34F4. The maximum Gasteiger partial charge on any atom is 0.194 e. The molecule has 0 aliphatic heterocycles.